The van der Waals surface area contributed by atoms with Crippen LogP contribution in [0.5, 0.6) is 0 Å². The number of hydrogen-bond acceptors (Lipinski definition) is 5. The molecule has 1 rings (SSSR count). The minimum absolute atomic E-state index is 0.0448. The van der Waals surface area contributed by atoms with Gasteiger partial charge >= 0.3 is 12.0 Å². The molecule has 0 bridgehead atoms. The Hall–Kier alpha value is -1.63. The lowest BCUT2D eigenvalue weighted by molar-refractivity contribution is -0.144. The fourth-order valence-electron chi connectivity index (χ4n) is 1.84. The van der Waals surface area contributed by atoms with Gasteiger partial charge in [-0.25, -0.2) is 14.6 Å². The van der Waals surface area contributed by atoms with Gasteiger partial charge in [-0.2, -0.15) is 0 Å². The maximum absolute atomic E-state index is 12.2. The summed E-state index contributed by atoms with van der Waals surface area (Å²) in [4.78, 5) is 29.9. The highest BCUT2D eigenvalue weighted by Gasteiger charge is 2.26. The molecule has 1 aromatic heterocycles. The number of hydrogen-bond donors (Lipinski definition) is 1. The van der Waals surface area contributed by atoms with E-state index >= 15 is 0 Å². The molecule has 0 saturated carbocycles. The molecule has 124 valence electrons. The van der Waals surface area contributed by atoms with Crippen molar-refractivity contribution in [2.75, 3.05) is 14.2 Å². The van der Waals surface area contributed by atoms with Gasteiger partial charge in [0.1, 0.15) is 6.04 Å². The van der Waals surface area contributed by atoms with Crippen LogP contribution < -0.4 is 5.32 Å². The highest BCUT2D eigenvalue weighted by molar-refractivity contribution is 7.09. The third kappa shape index (κ3) is 4.98. The molecule has 0 fully saturated rings. The van der Waals surface area contributed by atoms with Gasteiger partial charge in [0.15, 0.2) is 0 Å². The first-order chi connectivity index (χ1) is 10.3. The summed E-state index contributed by atoms with van der Waals surface area (Å²) >= 11 is 1.60. The Kier molecular flexibility index (Phi) is 6.80. The number of urea groups is 1. The summed E-state index contributed by atoms with van der Waals surface area (Å²) in [5.74, 6) is -0.105. The van der Waals surface area contributed by atoms with Crippen LogP contribution in [-0.2, 0) is 16.1 Å². The fourth-order valence-corrected chi connectivity index (χ4v) is 2.67. The minimum Gasteiger partial charge on any atom is -0.467 e. The lowest BCUT2D eigenvalue weighted by Crippen LogP contribution is -2.49. The molecule has 7 heteroatoms. The van der Waals surface area contributed by atoms with E-state index < -0.39 is 12.0 Å². The zero-order valence-corrected chi connectivity index (χ0v) is 14.9. The predicted octanol–water partition coefficient (Wildman–Crippen LogP) is 2.61. The van der Waals surface area contributed by atoms with Crippen LogP contribution in [0.4, 0.5) is 4.79 Å². The Balaban J connectivity index is 2.65. The van der Waals surface area contributed by atoms with Crippen LogP contribution in [0.25, 0.3) is 0 Å². The first-order valence-corrected chi connectivity index (χ1v) is 8.18. The number of carbonyl (C=O) groups excluding carboxylic acids is 2. The number of esters is 1. The van der Waals surface area contributed by atoms with Crippen LogP contribution in [0.2, 0.25) is 0 Å². The second-order valence-electron chi connectivity index (χ2n) is 5.88. The molecule has 6 nitrogen and oxygen atoms in total. The van der Waals surface area contributed by atoms with Crippen molar-refractivity contribution in [3.05, 3.63) is 16.1 Å². The Morgan fingerprint density at radius 3 is 2.45 bits per heavy atom. The fraction of sp³-hybridized carbons (Fsp3) is 0.667. The number of nitrogens with zero attached hydrogens (tertiary/aromatic N) is 2. The summed E-state index contributed by atoms with van der Waals surface area (Å²) in [6.45, 7) is 8.29. The topological polar surface area (TPSA) is 71.5 Å². The van der Waals surface area contributed by atoms with Crippen molar-refractivity contribution in [3.63, 3.8) is 0 Å². The standard InChI is InChI=1S/C15H25N3O3S/c1-9(2)12(14(19)21-6)17-15(20)18(5)7-11-8-22-13(16-11)10(3)4/h8-10,12H,7H2,1-6H3,(H,17,20)/t12-/m1/s1. The normalized spacial score (nSPS) is 12.4. The van der Waals surface area contributed by atoms with Crippen LogP contribution in [-0.4, -0.2) is 42.1 Å². The first-order valence-electron chi connectivity index (χ1n) is 7.30. The quantitative estimate of drug-likeness (QED) is 0.815. The molecule has 0 radical (unpaired) electrons. The third-order valence-electron chi connectivity index (χ3n) is 3.21. The van der Waals surface area contributed by atoms with Crippen LogP contribution in [0, 0.1) is 5.92 Å². The average molecular weight is 327 g/mol. The largest absolute Gasteiger partial charge is 0.467 e. The van der Waals surface area contributed by atoms with Crippen LogP contribution in [0.3, 0.4) is 0 Å². The second kappa shape index (κ2) is 8.12. The van der Waals surface area contributed by atoms with Crippen molar-refractivity contribution in [2.24, 2.45) is 5.92 Å². The zero-order chi connectivity index (χ0) is 16.9. The van der Waals surface area contributed by atoms with E-state index in [1.807, 2.05) is 19.2 Å². The van der Waals surface area contributed by atoms with E-state index in [0.717, 1.165) is 10.7 Å². The molecule has 0 aliphatic heterocycles. The molecule has 1 heterocycles. The van der Waals surface area contributed by atoms with E-state index in [2.05, 4.69) is 24.1 Å². The lowest BCUT2D eigenvalue weighted by atomic mass is 10.1. The number of rotatable bonds is 6. The molecule has 0 spiro atoms. The number of thiazole rings is 1. The van der Waals surface area contributed by atoms with Gasteiger partial charge in [-0.3, -0.25) is 0 Å². The van der Waals surface area contributed by atoms with Gasteiger partial charge < -0.3 is 15.0 Å². The summed E-state index contributed by atoms with van der Waals surface area (Å²) in [7, 11) is 2.99. The number of carbonyl (C=O) groups is 2. The maximum Gasteiger partial charge on any atom is 0.328 e. The molecular weight excluding hydrogens is 302 g/mol. The SMILES string of the molecule is COC(=O)[C@H](NC(=O)N(C)Cc1csc(C(C)C)n1)C(C)C. The third-order valence-corrected chi connectivity index (χ3v) is 4.40. The van der Waals surface area contributed by atoms with Crippen molar-refractivity contribution in [1.29, 1.82) is 0 Å². The van der Waals surface area contributed by atoms with E-state index in [0.29, 0.717) is 12.5 Å². The van der Waals surface area contributed by atoms with Gasteiger partial charge in [-0.05, 0) is 5.92 Å². The molecule has 0 aliphatic rings. The molecule has 0 aliphatic carbocycles. The molecule has 22 heavy (non-hydrogen) atoms. The summed E-state index contributed by atoms with van der Waals surface area (Å²) in [6, 6.07) is -0.968. The Bertz CT molecular complexity index is 514. The molecule has 1 atom stereocenters. The van der Waals surface area contributed by atoms with Crippen molar-refractivity contribution >= 4 is 23.3 Å². The van der Waals surface area contributed by atoms with E-state index in [1.54, 1.807) is 18.4 Å². The predicted molar refractivity (Wildman–Crippen MR) is 86.8 cm³/mol. The molecule has 0 aromatic carbocycles. The maximum atomic E-state index is 12.2. The van der Waals surface area contributed by atoms with Gasteiger partial charge in [-0.15, -0.1) is 11.3 Å². The summed E-state index contributed by atoms with van der Waals surface area (Å²) in [5.41, 5.74) is 0.852. The first kappa shape index (κ1) is 18.4. The van der Waals surface area contributed by atoms with Gasteiger partial charge in [-0.1, -0.05) is 27.7 Å². The van der Waals surface area contributed by atoms with Gasteiger partial charge in [0, 0.05) is 18.3 Å². The van der Waals surface area contributed by atoms with Crippen LogP contribution in [0.15, 0.2) is 5.38 Å². The Labute approximate surface area is 135 Å². The second-order valence-corrected chi connectivity index (χ2v) is 6.77. The lowest BCUT2D eigenvalue weighted by Gasteiger charge is -2.23. The van der Waals surface area contributed by atoms with Crippen LogP contribution in [0.1, 0.15) is 44.3 Å². The van der Waals surface area contributed by atoms with Crippen molar-refractivity contribution in [3.8, 4) is 0 Å². The van der Waals surface area contributed by atoms with Gasteiger partial charge in [0.25, 0.3) is 0 Å². The smallest absolute Gasteiger partial charge is 0.328 e. The Morgan fingerprint density at radius 1 is 1.36 bits per heavy atom. The van der Waals surface area contributed by atoms with E-state index in [9.17, 15) is 9.59 Å². The van der Waals surface area contributed by atoms with Gasteiger partial charge in [0.2, 0.25) is 0 Å². The number of amides is 2. The molecule has 1 aromatic rings. The van der Waals surface area contributed by atoms with Crippen molar-refractivity contribution in [1.82, 2.24) is 15.2 Å². The number of methoxy groups -OCH3 is 1. The number of ether oxygens (including phenoxy) is 1. The van der Waals surface area contributed by atoms with Crippen molar-refractivity contribution in [2.45, 2.75) is 46.2 Å². The minimum atomic E-state index is -0.651. The summed E-state index contributed by atoms with van der Waals surface area (Å²) < 4.78 is 4.72. The van der Waals surface area contributed by atoms with Crippen molar-refractivity contribution < 1.29 is 14.3 Å². The molecule has 1 N–H and O–H groups in total. The summed E-state index contributed by atoms with van der Waals surface area (Å²) in [5, 5.41) is 5.72. The highest BCUT2D eigenvalue weighted by atomic mass is 32.1. The molecular formula is C15H25N3O3S. The van der Waals surface area contributed by atoms with E-state index in [1.165, 1.54) is 12.0 Å². The van der Waals surface area contributed by atoms with E-state index in [4.69, 9.17) is 4.74 Å². The van der Waals surface area contributed by atoms with E-state index in [-0.39, 0.29) is 11.9 Å². The monoisotopic (exact) mass is 327 g/mol. The van der Waals surface area contributed by atoms with Crippen LogP contribution >= 0.6 is 11.3 Å². The molecule has 0 saturated heterocycles. The Morgan fingerprint density at radius 2 is 2.00 bits per heavy atom. The molecule has 2 amide bonds. The number of aromatic nitrogens is 1. The average Bonchev–Trinajstić information content (AvgIpc) is 2.91. The highest BCUT2D eigenvalue weighted by Crippen LogP contribution is 2.19. The zero-order valence-electron chi connectivity index (χ0n) is 14.0. The molecule has 0 unspecified atom stereocenters. The van der Waals surface area contributed by atoms with Gasteiger partial charge in [0.05, 0.1) is 24.4 Å². The number of nitrogens with one attached hydrogen (secondary N) is 1. The summed E-state index contributed by atoms with van der Waals surface area (Å²) in [6.07, 6.45) is 0.